The smallest absolute Gasteiger partial charge is 0.291 e. The minimum Gasteiger partial charge on any atom is -0.342 e. The van der Waals surface area contributed by atoms with Crippen LogP contribution in [0.4, 0.5) is 0 Å². The number of nitrogens with zero attached hydrogens (tertiary/aromatic N) is 4. The summed E-state index contributed by atoms with van der Waals surface area (Å²) in [6, 6.07) is 0. The summed E-state index contributed by atoms with van der Waals surface area (Å²) in [5.41, 5.74) is 0. The Morgan fingerprint density at radius 1 is 1.18 bits per heavy atom. The topological polar surface area (TPSA) is 108 Å². The van der Waals surface area contributed by atoms with Crippen LogP contribution in [-0.2, 0) is 0 Å². The van der Waals surface area contributed by atoms with Gasteiger partial charge in [-0.2, -0.15) is 0 Å². The molecule has 0 aliphatic carbocycles. The molecule has 3 N–H and O–H groups in total. The van der Waals surface area contributed by atoms with Crippen molar-refractivity contribution in [1.29, 1.82) is 0 Å². The van der Waals surface area contributed by atoms with Crippen molar-refractivity contribution in [3.63, 3.8) is 0 Å². The summed E-state index contributed by atoms with van der Waals surface area (Å²) in [7, 11) is 0. The second kappa shape index (κ2) is 10.8. The largest absolute Gasteiger partial charge is 0.342 e. The van der Waals surface area contributed by atoms with Crippen molar-refractivity contribution >= 4 is 5.96 Å². The number of nitrogens with two attached hydrogens (primary N) is 1. The van der Waals surface area contributed by atoms with Gasteiger partial charge >= 0.3 is 0 Å². The zero-order chi connectivity index (χ0) is 13.8. The van der Waals surface area contributed by atoms with Crippen LogP contribution in [0.2, 0.25) is 0 Å². The molecule has 17 heavy (non-hydrogen) atoms. The highest BCUT2D eigenvalue weighted by Gasteiger charge is 2.12. The fourth-order valence-corrected chi connectivity index (χ4v) is 1.38. The van der Waals surface area contributed by atoms with Crippen LogP contribution in [-0.4, -0.2) is 52.2 Å². The van der Waals surface area contributed by atoms with E-state index in [-0.39, 0.29) is 0 Å². The second-order valence-electron chi connectivity index (χ2n) is 3.01. The Hall–Kier alpha value is -1.73. The van der Waals surface area contributed by atoms with E-state index in [1.807, 2.05) is 0 Å². The Morgan fingerprint density at radius 3 is 1.53 bits per heavy atom. The molecule has 8 nitrogen and oxygen atoms in total. The van der Waals surface area contributed by atoms with Crippen LogP contribution in [0.25, 0.3) is 0 Å². The van der Waals surface area contributed by atoms with Crippen molar-refractivity contribution in [3.05, 3.63) is 10.1 Å². The molecule has 0 aliphatic rings. The molecule has 0 rings (SSSR count). The van der Waals surface area contributed by atoms with Gasteiger partial charge in [-0.15, -0.1) is 15.2 Å². The van der Waals surface area contributed by atoms with Gasteiger partial charge in [-0.25, -0.2) is 0 Å². The molecule has 0 atom stereocenters. The standard InChI is InChI=1S/C9H22N4.HNO3/c1-5-12(6-2)9(11-10)13(7-3)8-4;2-1(3)4/h5-8,10H2,1-4H3;(H,2,3,4). The van der Waals surface area contributed by atoms with Crippen molar-refractivity contribution in [2.45, 2.75) is 27.7 Å². The molecule has 0 amide bonds. The highest BCUT2D eigenvalue weighted by atomic mass is 16.9. The van der Waals surface area contributed by atoms with Gasteiger partial charge in [0.2, 0.25) is 5.96 Å². The molecule has 0 aromatic rings. The average molecular weight is 249 g/mol. The Balaban J connectivity index is 0. The first-order chi connectivity index (χ1) is 7.98. The molecule has 0 radical (unpaired) electrons. The molecule has 0 heterocycles. The fraction of sp³-hybridized carbons (Fsp3) is 0.889. The summed E-state index contributed by atoms with van der Waals surface area (Å²) in [5, 5.41) is 17.5. The van der Waals surface area contributed by atoms with E-state index in [4.69, 9.17) is 21.2 Å². The third-order valence-corrected chi connectivity index (χ3v) is 2.21. The first-order valence-corrected chi connectivity index (χ1v) is 5.59. The highest BCUT2D eigenvalue weighted by molar-refractivity contribution is 5.79. The van der Waals surface area contributed by atoms with Crippen LogP contribution in [0.15, 0.2) is 5.10 Å². The minimum absolute atomic E-state index is 0.898. The Bertz CT molecular complexity index is 209. The molecule has 8 heteroatoms. The number of rotatable bonds is 4. The molecule has 0 saturated heterocycles. The van der Waals surface area contributed by atoms with Crippen LogP contribution >= 0.6 is 0 Å². The predicted molar refractivity (Wildman–Crippen MR) is 66.2 cm³/mol. The lowest BCUT2D eigenvalue weighted by atomic mass is 10.4. The van der Waals surface area contributed by atoms with Crippen LogP contribution in [0.3, 0.4) is 0 Å². The number of hydrogen-bond donors (Lipinski definition) is 2. The van der Waals surface area contributed by atoms with Gasteiger partial charge in [-0.05, 0) is 27.7 Å². The van der Waals surface area contributed by atoms with Gasteiger partial charge in [-0.1, -0.05) is 0 Å². The van der Waals surface area contributed by atoms with Crippen LogP contribution in [0.1, 0.15) is 27.7 Å². The van der Waals surface area contributed by atoms with Crippen LogP contribution < -0.4 is 5.84 Å². The summed E-state index contributed by atoms with van der Waals surface area (Å²) in [4.78, 5) is 12.7. The second-order valence-corrected chi connectivity index (χ2v) is 3.01. The van der Waals surface area contributed by atoms with Crippen LogP contribution in [0.5, 0.6) is 0 Å². The lowest BCUT2D eigenvalue weighted by Gasteiger charge is -2.30. The quantitative estimate of drug-likeness (QED) is 0.248. The molecule has 0 aliphatic heterocycles. The van der Waals surface area contributed by atoms with Crippen molar-refractivity contribution in [1.82, 2.24) is 9.80 Å². The van der Waals surface area contributed by atoms with Gasteiger partial charge in [0.05, 0.1) is 0 Å². The summed E-state index contributed by atoms with van der Waals surface area (Å²) in [6.07, 6.45) is 0. The normalized spacial score (nSPS) is 8.71. The lowest BCUT2D eigenvalue weighted by Crippen LogP contribution is -2.44. The molecule has 102 valence electrons. The van der Waals surface area contributed by atoms with E-state index in [9.17, 15) is 0 Å². The summed E-state index contributed by atoms with van der Waals surface area (Å²) < 4.78 is 0. The lowest BCUT2D eigenvalue weighted by molar-refractivity contribution is -0.742. The number of hydrazone groups is 1. The Kier molecular flexibility index (Phi) is 11.2. The van der Waals surface area contributed by atoms with E-state index in [1.165, 1.54) is 0 Å². The Morgan fingerprint density at radius 2 is 1.41 bits per heavy atom. The zero-order valence-corrected chi connectivity index (χ0v) is 11.0. The maximum atomic E-state index is 8.36. The first-order valence-electron chi connectivity index (χ1n) is 5.59. The predicted octanol–water partition coefficient (Wildman–Crippen LogP) is 0.552. The molecule has 0 spiro atoms. The van der Waals surface area contributed by atoms with Gasteiger partial charge < -0.3 is 20.8 Å². The summed E-state index contributed by atoms with van der Waals surface area (Å²) in [5.74, 6) is 6.28. The fourth-order valence-electron chi connectivity index (χ4n) is 1.38. The van der Waals surface area contributed by atoms with E-state index in [2.05, 4.69) is 42.6 Å². The molecule has 0 aromatic heterocycles. The maximum absolute atomic E-state index is 8.36. The molecular weight excluding hydrogens is 226 g/mol. The number of hydrogen-bond acceptors (Lipinski definition) is 4. The van der Waals surface area contributed by atoms with Gasteiger partial charge in [-0.3, -0.25) is 0 Å². The molecular formula is C9H23N5O3. The molecule has 0 fully saturated rings. The van der Waals surface area contributed by atoms with Crippen molar-refractivity contribution in [2.24, 2.45) is 10.9 Å². The molecule has 0 aromatic carbocycles. The third kappa shape index (κ3) is 8.12. The monoisotopic (exact) mass is 249 g/mol. The molecule has 0 saturated carbocycles. The Labute approximate surface area is 102 Å². The molecule has 0 unspecified atom stereocenters. The number of guanidine groups is 1. The van der Waals surface area contributed by atoms with Crippen molar-refractivity contribution in [2.75, 3.05) is 26.2 Å². The first kappa shape index (κ1) is 17.7. The van der Waals surface area contributed by atoms with E-state index in [0.29, 0.717) is 0 Å². The van der Waals surface area contributed by atoms with Gasteiger partial charge in [0.15, 0.2) is 0 Å². The highest BCUT2D eigenvalue weighted by Crippen LogP contribution is 1.97. The van der Waals surface area contributed by atoms with E-state index < -0.39 is 5.09 Å². The van der Waals surface area contributed by atoms with Gasteiger partial charge in [0.25, 0.3) is 5.09 Å². The summed E-state index contributed by atoms with van der Waals surface area (Å²) in [6.45, 7) is 12.2. The van der Waals surface area contributed by atoms with E-state index >= 15 is 0 Å². The minimum atomic E-state index is -1.50. The third-order valence-electron chi connectivity index (χ3n) is 2.21. The van der Waals surface area contributed by atoms with Gasteiger partial charge in [0.1, 0.15) is 0 Å². The molecule has 0 bridgehead atoms. The van der Waals surface area contributed by atoms with E-state index in [0.717, 1.165) is 32.1 Å². The van der Waals surface area contributed by atoms with Crippen LogP contribution in [0, 0.1) is 10.1 Å². The summed E-state index contributed by atoms with van der Waals surface area (Å²) >= 11 is 0. The zero-order valence-electron chi connectivity index (χ0n) is 11.0. The average Bonchev–Trinajstić information content (AvgIpc) is 2.29. The van der Waals surface area contributed by atoms with Crippen molar-refractivity contribution in [3.8, 4) is 0 Å². The SMILES string of the molecule is CCN(CC)C(=NN)N(CC)CC.O=[N+]([O-])O. The van der Waals surface area contributed by atoms with Crippen molar-refractivity contribution < 1.29 is 10.3 Å². The van der Waals surface area contributed by atoms with Gasteiger partial charge in [0, 0.05) is 26.2 Å². The van der Waals surface area contributed by atoms with E-state index in [1.54, 1.807) is 0 Å². The maximum Gasteiger partial charge on any atom is 0.291 e.